The summed E-state index contributed by atoms with van der Waals surface area (Å²) >= 11 is 0. The molecule has 0 radical (unpaired) electrons. The molecule has 5 aromatic rings. The second-order valence-electron chi connectivity index (χ2n) is 8.75. The van der Waals surface area contributed by atoms with Crippen LogP contribution in [0.15, 0.2) is 78.9 Å². The smallest absolute Gasteiger partial charge is 0.416 e. The van der Waals surface area contributed by atoms with E-state index in [-0.39, 0.29) is 0 Å². The standard InChI is InChI=1S/C29H25F3N2O2/c1-33(2)27-15-19(29(30,31)32)14-22(18-8-6-5-7-9-18)28(27)34-25-12-10-20(35-3)16-23(25)24-17-21(36-4)11-13-26(24)34/h5-17H,1-4H3. The summed E-state index contributed by atoms with van der Waals surface area (Å²) in [4.78, 5) is 1.72. The van der Waals surface area contributed by atoms with Crippen LogP contribution in [-0.4, -0.2) is 32.9 Å². The summed E-state index contributed by atoms with van der Waals surface area (Å²) in [5, 5.41) is 1.82. The van der Waals surface area contributed by atoms with Crippen LogP contribution >= 0.6 is 0 Å². The van der Waals surface area contributed by atoms with Gasteiger partial charge >= 0.3 is 6.18 Å². The normalized spacial score (nSPS) is 11.8. The number of anilines is 1. The van der Waals surface area contributed by atoms with Crippen molar-refractivity contribution in [2.45, 2.75) is 6.18 Å². The number of nitrogens with zero attached hydrogens (tertiary/aromatic N) is 2. The minimum Gasteiger partial charge on any atom is -0.497 e. The fraction of sp³-hybridized carbons (Fsp3) is 0.172. The predicted molar refractivity (Wildman–Crippen MR) is 139 cm³/mol. The van der Waals surface area contributed by atoms with E-state index in [0.717, 1.165) is 21.8 Å². The Morgan fingerprint density at radius 3 is 1.75 bits per heavy atom. The number of fused-ring (bicyclic) bond motifs is 3. The van der Waals surface area contributed by atoms with Gasteiger partial charge in [0, 0.05) is 30.4 Å². The van der Waals surface area contributed by atoms with Crippen LogP contribution in [0.25, 0.3) is 38.6 Å². The first-order chi connectivity index (χ1) is 17.2. The molecule has 4 aromatic carbocycles. The van der Waals surface area contributed by atoms with Crippen LogP contribution in [0, 0.1) is 0 Å². The number of ether oxygens (including phenoxy) is 2. The molecule has 184 valence electrons. The van der Waals surface area contributed by atoms with Gasteiger partial charge in [-0.3, -0.25) is 0 Å². The van der Waals surface area contributed by atoms with Crippen molar-refractivity contribution in [3.05, 3.63) is 84.4 Å². The van der Waals surface area contributed by atoms with Crippen molar-refractivity contribution < 1.29 is 22.6 Å². The Balaban J connectivity index is 1.98. The van der Waals surface area contributed by atoms with Gasteiger partial charge < -0.3 is 18.9 Å². The molecule has 0 N–H and O–H groups in total. The highest BCUT2D eigenvalue weighted by Gasteiger charge is 2.33. The minimum atomic E-state index is -4.49. The Kier molecular flexibility index (Phi) is 5.79. The van der Waals surface area contributed by atoms with Crippen molar-refractivity contribution in [1.82, 2.24) is 4.57 Å². The molecule has 4 nitrogen and oxygen atoms in total. The van der Waals surface area contributed by atoms with Gasteiger partial charge in [-0.2, -0.15) is 13.2 Å². The Morgan fingerprint density at radius 2 is 1.28 bits per heavy atom. The number of hydrogen-bond donors (Lipinski definition) is 0. The number of benzene rings is 4. The second kappa shape index (κ2) is 8.82. The van der Waals surface area contributed by atoms with Crippen molar-refractivity contribution >= 4 is 27.5 Å². The molecule has 7 heteroatoms. The summed E-state index contributed by atoms with van der Waals surface area (Å²) in [6.07, 6.45) is -4.49. The van der Waals surface area contributed by atoms with Crippen LogP contribution < -0.4 is 14.4 Å². The maximum absolute atomic E-state index is 14.0. The summed E-state index contributed by atoms with van der Waals surface area (Å²) in [6.45, 7) is 0. The predicted octanol–water partition coefficient (Wildman–Crippen LogP) is 7.55. The van der Waals surface area contributed by atoms with Crippen molar-refractivity contribution in [2.24, 2.45) is 0 Å². The largest absolute Gasteiger partial charge is 0.497 e. The summed E-state index contributed by atoms with van der Waals surface area (Å²) in [7, 11) is 6.73. The monoisotopic (exact) mass is 490 g/mol. The van der Waals surface area contributed by atoms with Gasteiger partial charge in [-0.25, -0.2) is 0 Å². The molecule has 1 heterocycles. The summed E-state index contributed by atoms with van der Waals surface area (Å²) in [6, 6.07) is 23.1. The molecule has 0 unspecified atom stereocenters. The van der Waals surface area contributed by atoms with E-state index in [2.05, 4.69) is 0 Å². The van der Waals surface area contributed by atoms with Gasteiger partial charge in [0.25, 0.3) is 0 Å². The van der Waals surface area contributed by atoms with E-state index in [1.165, 1.54) is 12.1 Å². The van der Waals surface area contributed by atoms with E-state index in [1.54, 1.807) is 33.2 Å². The van der Waals surface area contributed by atoms with Crippen LogP contribution in [0.5, 0.6) is 11.5 Å². The third-order valence-electron chi connectivity index (χ3n) is 6.39. The third-order valence-corrected chi connectivity index (χ3v) is 6.39. The first kappa shape index (κ1) is 23.6. The van der Waals surface area contributed by atoms with Gasteiger partial charge in [0.2, 0.25) is 0 Å². The van der Waals surface area contributed by atoms with Crippen molar-refractivity contribution in [1.29, 1.82) is 0 Å². The average Bonchev–Trinajstić information content (AvgIpc) is 3.20. The molecule has 1 aromatic heterocycles. The number of hydrogen-bond acceptors (Lipinski definition) is 3. The van der Waals surface area contributed by atoms with Gasteiger partial charge in [-0.1, -0.05) is 30.3 Å². The number of methoxy groups -OCH3 is 2. The molecule has 0 fully saturated rings. The van der Waals surface area contributed by atoms with E-state index in [4.69, 9.17) is 9.47 Å². The zero-order chi connectivity index (χ0) is 25.6. The minimum absolute atomic E-state index is 0.453. The Hall–Kier alpha value is -4.13. The number of aromatic nitrogens is 1. The molecule has 0 bridgehead atoms. The zero-order valence-electron chi connectivity index (χ0n) is 20.4. The highest BCUT2D eigenvalue weighted by Crippen LogP contribution is 2.45. The lowest BCUT2D eigenvalue weighted by molar-refractivity contribution is -0.137. The fourth-order valence-corrected chi connectivity index (χ4v) is 4.67. The highest BCUT2D eigenvalue weighted by molar-refractivity contribution is 6.11. The van der Waals surface area contributed by atoms with Crippen molar-refractivity contribution in [2.75, 3.05) is 33.2 Å². The lowest BCUT2D eigenvalue weighted by atomic mass is 9.98. The molecule has 0 saturated heterocycles. The molecular weight excluding hydrogens is 465 g/mol. The first-order valence-corrected chi connectivity index (χ1v) is 11.4. The van der Waals surface area contributed by atoms with Gasteiger partial charge in [-0.15, -0.1) is 0 Å². The number of alkyl halides is 3. The first-order valence-electron chi connectivity index (χ1n) is 11.4. The second-order valence-corrected chi connectivity index (χ2v) is 8.75. The molecule has 0 atom stereocenters. The van der Waals surface area contributed by atoms with Crippen LogP contribution in [0.3, 0.4) is 0 Å². The van der Waals surface area contributed by atoms with E-state index in [0.29, 0.717) is 34.0 Å². The molecule has 0 aliphatic rings. The summed E-state index contributed by atoms with van der Waals surface area (Å²) < 4.78 is 55.0. The number of halogens is 3. The van der Waals surface area contributed by atoms with Crippen molar-refractivity contribution in [3.63, 3.8) is 0 Å². The summed E-state index contributed by atoms with van der Waals surface area (Å²) in [5.41, 5.74) is 3.29. The molecule has 0 aliphatic heterocycles. The topological polar surface area (TPSA) is 26.6 Å². The summed E-state index contributed by atoms with van der Waals surface area (Å²) in [5.74, 6) is 1.38. The van der Waals surface area contributed by atoms with Gasteiger partial charge in [0.1, 0.15) is 11.5 Å². The molecule has 0 spiro atoms. The Morgan fingerprint density at radius 1 is 0.722 bits per heavy atom. The van der Waals surface area contributed by atoms with E-state index in [9.17, 15) is 13.2 Å². The molecule has 0 amide bonds. The average molecular weight is 491 g/mol. The van der Waals surface area contributed by atoms with Crippen molar-refractivity contribution in [3.8, 4) is 28.3 Å². The van der Waals surface area contributed by atoms with Crippen LogP contribution in [-0.2, 0) is 6.18 Å². The SMILES string of the molecule is COc1ccc2c(c1)c1cc(OC)ccc1n2-c1c(-c2ccccc2)cc(C(F)(F)F)cc1N(C)C. The Labute approximate surface area is 207 Å². The molecule has 0 aliphatic carbocycles. The molecular formula is C29H25F3N2O2. The maximum Gasteiger partial charge on any atom is 0.416 e. The van der Waals surface area contributed by atoms with Gasteiger partial charge in [-0.05, 0) is 54.1 Å². The fourth-order valence-electron chi connectivity index (χ4n) is 4.67. The van der Waals surface area contributed by atoms with E-state index >= 15 is 0 Å². The lowest BCUT2D eigenvalue weighted by Gasteiger charge is -2.25. The van der Waals surface area contributed by atoms with Gasteiger partial charge in [0.05, 0.1) is 42.2 Å². The zero-order valence-corrected chi connectivity index (χ0v) is 20.4. The third kappa shape index (κ3) is 3.90. The number of rotatable bonds is 5. The van der Waals surface area contributed by atoms with E-state index in [1.807, 2.05) is 71.3 Å². The molecule has 5 rings (SSSR count). The van der Waals surface area contributed by atoms with Crippen LogP contribution in [0.4, 0.5) is 18.9 Å². The van der Waals surface area contributed by atoms with E-state index < -0.39 is 11.7 Å². The maximum atomic E-state index is 14.0. The quantitative estimate of drug-likeness (QED) is 0.254. The lowest BCUT2D eigenvalue weighted by Crippen LogP contribution is -2.16. The van der Waals surface area contributed by atoms with Crippen LogP contribution in [0.1, 0.15) is 5.56 Å². The highest BCUT2D eigenvalue weighted by atomic mass is 19.4. The van der Waals surface area contributed by atoms with Gasteiger partial charge in [0.15, 0.2) is 0 Å². The Bertz CT molecular complexity index is 1510. The van der Waals surface area contributed by atoms with Crippen LogP contribution in [0.2, 0.25) is 0 Å². The molecule has 36 heavy (non-hydrogen) atoms. The molecule has 0 saturated carbocycles.